The van der Waals surface area contributed by atoms with Gasteiger partial charge in [0.1, 0.15) is 0 Å². The van der Waals surface area contributed by atoms with E-state index in [2.05, 4.69) is 231 Å². The predicted octanol–water partition coefficient (Wildman–Crippen LogP) is 16.9. The molecule has 0 fully saturated rings. The third-order valence-corrected chi connectivity index (χ3v) is 12.6. The van der Waals surface area contributed by atoms with Crippen LogP contribution in [0.2, 0.25) is 0 Å². The van der Waals surface area contributed by atoms with Crippen LogP contribution in [0.5, 0.6) is 0 Å². The molecule has 0 atom stereocenters. The van der Waals surface area contributed by atoms with Crippen LogP contribution in [0.25, 0.3) is 121 Å². The minimum atomic E-state index is 1.20. The first-order valence-corrected chi connectivity index (χ1v) is 20.8. The van der Waals surface area contributed by atoms with Gasteiger partial charge in [-0.2, -0.15) is 0 Å². The monoisotopic (exact) mass is 758 g/mol. The van der Waals surface area contributed by atoms with E-state index in [0.717, 1.165) is 0 Å². The highest BCUT2D eigenvalue weighted by Crippen LogP contribution is 2.49. The first-order chi connectivity index (χ1) is 29.8. The summed E-state index contributed by atoms with van der Waals surface area (Å²) in [6.45, 7) is 0. The lowest BCUT2D eigenvalue weighted by Gasteiger charge is -2.22. The molecule has 0 radical (unpaired) electrons. The van der Waals surface area contributed by atoms with Gasteiger partial charge in [-0.15, -0.1) is 0 Å². The van der Waals surface area contributed by atoms with E-state index in [-0.39, 0.29) is 0 Å². The van der Waals surface area contributed by atoms with Gasteiger partial charge >= 0.3 is 0 Å². The van der Waals surface area contributed by atoms with Crippen molar-refractivity contribution in [1.29, 1.82) is 0 Å². The molecule has 0 aliphatic carbocycles. The van der Waals surface area contributed by atoms with E-state index in [9.17, 15) is 0 Å². The van der Waals surface area contributed by atoms with Crippen molar-refractivity contribution in [2.24, 2.45) is 0 Å². The summed E-state index contributed by atoms with van der Waals surface area (Å²) in [5.74, 6) is 0. The standard InChI is InChI=1S/C60H38/c1-4-15-40(16-5-1)49-31-30-43-21-12-13-23-48(43)58(49)45-27-25-44(26-28-45)56-37-54(41-17-6-2-7-18-41)50-34-35-53-57(47-29-24-39-14-10-11-22-46(39)36-47)38-55(42-19-8-3-9-20-42)51-32-33-52(56)59(50)60(51)53/h1-38H. The van der Waals surface area contributed by atoms with Crippen molar-refractivity contribution in [3.05, 3.63) is 231 Å². The summed E-state index contributed by atoms with van der Waals surface area (Å²) in [5.41, 5.74) is 14.8. The summed E-state index contributed by atoms with van der Waals surface area (Å²) >= 11 is 0. The average molecular weight is 759 g/mol. The van der Waals surface area contributed by atoms with E-state index < -0.39 is 0 Å². The minimum Gasteiger partial charge on any atom is -0.0622 e. The molecule has 12 rings (SSSR count). The van der Waals surface area contributed by atoms with E-state index >= 15 is 0 Å². The third-order valence-electron chi connectivity index (χ3n) is 12.6. The second-order valence-corrected chi connectivity index (χ2v) is 16.0. The molecule has 0 heteroatoms. The van der Waals surface area contributed by atoms with E-state index in [4.69, 9.17) is 0 Å². The molecule has 0 aliphatic rings. The third kappa shape index (κ3) is 5.53. The van der Waals surface area contributed by atoms with Gasteiger partial charge in [0, 0.05) is 0 Å². The van der Waals surface area contributed by atoms with Crippen molar-refractivity contribution in [2.75, 3.05) is 0 Å². The number of hydrogen-bond donors (Lipinski definition) is 0. The number of rotatable bonds is 6. The fourth-order valence-corrected chi connectivity index (χ4v) is 9.80. The quantitative estimate of drug-likeness (QED) is 0.148. The molecule has 12 aromatic rings. The SMILES string of the molecule is c1ccc(-c2ccc3ccccc3c2-c2ccc(-c3cc(-c4ccccc4)c4ccc5c(-c6ccc7ccccc7c6)cc(-c6ccccc6)c6ccc3c4c65)cc2)cc1. The molecule has 12 aromatic carbocycles. The second kappa shape index (κ2) is 13.9. The molecule has 0 saturated carbocycles. The predicted molar refractivity (Wildman–Crippen MR) is 258 cm³/mol. The molecule has 0 aromatic heterocycles. The second-order valence-electron chi connectivity index (χ2n) is 16.0. The van der Waals surface area contributed by atoms with Gasteiger partial charge in [-0.25, -0.2) is 0 Å². The zero-order chi connectivity index (χ0) is 39.6. The minimum absolute atomic E-state index is 1.20. The molecule has 0 unspecified atom stereocenters. The fourth-order valence-electron chi connectivity index (χ4n) is 9.80. The largest absolute Gasteiger partial charge is 0.0622 e. The number of hydrogen-bond acceptors (Lipinski definition) is 0. The Balaban J connectivity index is 1.13. The molecule has 0 bridgehead atoms. The Morgan fingerprint density at radius 1 is 0.183 bits per heavy atom. The van der Waals surface area contributed by atoms with Crippen LogP contribution < -0.4 is 0 Å². The van der Waals surface area contributed by atoms with Gasteiger partial charge in [-0.1, -0.05) is 212 Å². The first kappa shape index (κ1) is 34.3. The van der Waals surface area contributed by atoms with Gasteiger partial charge in [0.25, 0.3) is 0 Å². The zero-order valence-electron chi connectivity index (χ0n) is 32.9. The van der Waals surface area contributed by atoms with Crippen molar-refractivity contribution < 1.29 is 0 Å². The summed E-state index contributed by atoms with van der Waals surface area (Å²) in [6.07, 6.45) is 0. The van der Waals surface area contributed by atoms with E-state index in [1.54, 1.807) is 0 Å². The lowest BCUT2D eigenvalue weighted by molar-refractivity contribution is 1.60. The maximum absolute atomic E-state index is 2.43. The van der Waals surface area contributed by atoms with Crippen LogP contribution >= 0.6 is 0 Å². The molecular weight excluding hydrogens is 721 g/mol. The topological polar surface area (TPSA) is 0 Å². The molecule has 0 heterocycles. The van der Waals surface area contributed by atoms with E-state index in [0.29, 0.717) is 0 Å². The van der Waals surface area contributed by atoms with Crippen LogP contribution in [0, 0.1) is 0 Å². The van der Waals surface area contributed by atoms with Gasteiger partial charge in [0.15, 0.2) is 0 Å². The molecule has 0 nitrogen and oxygen atoms in total. The van der Waals surface area contributed by atoms with Crippen LogP contribution in [-0.2, 0) is 0 Å². The van der Waals surface area contributed by atoms with Crippen LogP contribution in [-0.4, -0.2) is 0 Å². The number of fused-ring (bicyclic) bond motifs is 2. The molecule has 0 spiro atoms. The van der Waals surface area contributed by atoms with Gasteiger partial charge in [-0.3, -0.25) is 0 Å². The Morgan fingerprint density at radius 2 is 0.567 bits per heavy atom. The van der Waals surface area contributed by atoms with Gasteiger partial charge in [0.2, 0.25) is 0 Å². The summed E-state index contributed by atoms with van der Waals surface area (Å²) in [5, 5.41) is 12.7. The lowest BCUT2D eigenvalue weighted by Crippen LogP contribution is -1.94. The Morgan fingerprint density at radius 3 is 1.12 bits per heavy atom. The maximum Gasteiger partial charge on any atom is -0.00139 e. The average Bonchev–Trinajstić information content (AvgIpc) is 3.33. The normalized spacial score (nSPS) is 11.7. The molecule has 0 aliphatic heterocycles. The molecule has 0 amide bonds. The highest BCUT2D eigenvalue weighted by molar-refractivity contribution is 6.32. The van der Waals surface area contributed by atoms with Crippen molar-refractivity contribution >= 4 is 53.9 Å². The fraction of sp³-hybridized carbons (Fsp3) is 0. The molecule has 278 valence electrons. The molecular formula is C60H38. The van der Waals surface area contributed by atoms with E-state index in [1.165, 1.54) is 121 Å². The molecule has 60 heavy (non-hydrogen) atoms. The van der Waals surface area contributed by atoms with Gasteiger partial charge in [0.05, 0.1) is 0 Å². The van der Waals surface area contributed by atoms with Crippen molar-refractivity contribution in [3.63, 3.8) is 0 Å². The molecule has 0 N–H and O–H groups in total. The van der Waals surface area contributed by atoms with Crippen molar-refractivity contribution in [1.82, 2.24) is 0 Å². The van der Waals surface area contributed by atoms with Gasteiger partial charge < -0.3 is 0 Å². The Bertz CT molecular complexity index is 3550. The summed E-state index contributed by atoms with van der Waals surface area (Å²) in [4.78, 5) is 0. The zero-order valence-corrected chi connectivity index (χ0v) is 32.9. The van der Waals surface area contributed by atoms with Crippen LogP contribution in [0.3, 0.4) is 0 Å². The highest BCUT2D eigenvalue weighted by Gasteiger charge is 2.21. The first-order valence-electron chi connectivity index (χ1n) is 20.8. The summed E-state index contributed by atoms with van der Waals surface area (Å²) in [6, 6.07) is 85.2. The van der Waals surface area contributed by atoms with E-state index in [1.807, 2.05) is 0 Å². The Labute approximate surface area is 349 Å². The van der Waals surface area contributed by atoms with Crippen LogP contribution in [0.15, 0.2) is 231 Å². The Kier molecular flexibility index (Phi) is 7.96. The molecule has 0 saturated heterocycles. The number of benzene rings is 12. The highest BCUT2D eigenvalue weighted by atomic mass is 14.2. The van der Waals surface area contributed by atoms with Crippen molar-refractivity contribution in [2.45, 2.75) is 0 Å². The smallest absolute Gasteiger partial charge is 0.00139 e. The van der Waals surface area contributed by atoms with Crippen molar-refractivity contribution in [3.8, 4) is 66.8 Å². The van der Waals surface area contributed by atoms with Gasteiger partial charge in [-0.05, 0) is 139 Å². The summed E-state index contributed by atoms with van der Waals surface area (Å²) in [7, 11) is 0. The lowest BCUT2D eigenvalue weighted by atomic mass is 9.81. The summed E-state index contributed by atoms with van der Waals surface area (Å²) < 4.78 is 0. The van der Waals surface area contributed by atoms with Crippen LogP contribution in [0.4, 0.5) is 0 Å². The maximum atomic E-state index is 2.43. The Hall–Kier alpha value is -7.80. The van der Waals surface area contributed by atoms with Crippen LogP contribution in [0.1, 0.15) is 0 Å².